The summed E-state index contributed by atoms with van der Waals surface area (Å²) < 4.78 is 0. The lowest BCUT2D eigenvalue weighted by Gasteiger charge is -2.10. The molecular weight excluding hydrogens is 166 g/mol. The third kappa shape index (κ3) is 2.05. The number of benzene rings is 1. The molecule has 0 saturated carbocycles. The molecular formula is C10H13NS. The fourth-order valence-electron chi connectivity index (χ4n) is 1.20. The average Bonchev–Trinajstić information content (AvgIpc) is 2.05. The van der Waals surface area contributed by atoms with E-state index in [4.69, 9.17) is 12.2 Å². The molecule has 2 heteroatoms. The van der Waals surface area contributed by atoms with Crippen molar-refractivity contribution in [1.82, 2.24) is 0 Å². The van der Waals surface area contributed by atoms with Gasteiger partial charge in [0.25, 0.3) is 0 Å². The summed E-state index contributed by atoms with van der Waals surface area (Å²) in [4.78, 5) is 0. The van der Waals surface area contributed by atoms with Gasteiger partial charge < -0.3 is 5.32 Å². The molecule has 0 aliphatic rings. The first-order valence-electron chi connectivity index (χ1n) is 4.05. The van der Waals surface area contributed by atoms with E-state index in [0.717, 1.165) is 5.69 Å². The Balaban J connectivity index is 2.99. The number of hydrogen-bond acceptors (Lipinski definition) is 1. The largest absolute Gasteiger partial charge is 0.352 e. The standard InChI is InChI=1S/C10H13NS/c1-8(2)9-5-3-4-6-10(9)11-7-12/h3-8H,1-2H3,(H,11,12). The third-order valence-corrected chi connectivity index (χ3v) is 1.92. The molecule has 1 aromatic carbocycles. The highest BCUT2D eigenvalue weighted by Crippen LogP contribution is 2.22. The number of nitrogens with one attached hydrogen (secondary N) is 1. The molecule has 0 spiro atoms. The van der Waals surface area contributed by atoms with Gasteiger partial charge in [0.05, 0.1) is 5.49 Å². The van der Waals surface area contributed by atoms with E-state index in [-0.39, 0.29) is 0 Å². The second-order valence-electron chi connectivity index (χ2n) is 3.00. The molecule has 1 aromatic rings. The fraction of sp³-hybridized carbons (Fsp3) is 0.300. The van der Waals surface area contributed by atoms with Crippen LogP contribution in [0.2, 0.25) is 0 Å². The Bertz CT molecular complexity index is 268. The zero-order chi connectivity index (χ0) is 8.97. The zero-order valence-corrected chi connectivity index (χ0v) is 8.19. The first kappa shape index (κ1) is 9.20. The van der Waals surface area contributed by atoms with Crippen molar-refractivity contribution in [3.63, 3.8) is 0 Å². The SMILES string of the molecule is CC(C)c1ccccc1NC=S. The van der Waals surface area contributed by atoms with Crippen LogP contribution in [0.4, 0.5) is 5.69 Å². The van der Waals surface area contributed by atoms with Crippen LogP contribution in [0.5, 0.6) is 0 Å². The fourth-order valence-corrected chi connectivity index (χ4v) is 1.32. The van der Waals surface area contributed by atoms with Gasteiger partial charge >= 0.3 is 0 Å². The van der Waals surface area contributed by atoms with E-state index in [1.165, 1.54) is 5.56 Å². The van der Waals surface area contributed by atoms with Gasteiger partial charge in [0.15, 0.2) is 0 Å². The lowest BCUT2D eigenvalue weighted by molar-refractivity contribution is 0.870. The molecule has 0 atom stereocenters. The summed E-state index contributed by atoms with van der Waals surface area (Å²) in [5.74, 6) is 0.531. The second kappa shape index (κ2) is 4.21. The van der Waals surface area contributed by atoms with E-state index in [0.29, 0.717) is 5.92 Å². The quantitative estimate of drug-likeness (QED) is 0.715. The van der Waals surface area contributed by atoms with Gasteiger partial charge in [-0.25, -0.2) is 0 Å². The van der Waals surface area contributed by atoms with Crippen molar-refractivity contribution in [2.75, 3.05) is 5.32 Å². The number of hydrogen-bond donors (Lipinski definition) is 1. The van der Waals surface area contributed by atoms with E-state index < -0.39 is 0 Å². The summed E-state index contributed by atoms with van der Waals surface area (Å²) in [5.41, 5.74) is 3.96. The topological polar surface area (TPSA) is 12.0 Å². The van der Waals surface area contributed by atoms with Crippen LogP contribution in [-0.2, 0) is 0 Å². The molecule has 0 aliphatic carbocycles. The van der Waals surface area contributed by atoms with Gasteiger partial charge in [-0.2, -0.15) is 0 Å². The minimum absolute atomic E-state index is 0.531. The lowest BCUT2D eigenvalue weighted by Crippen LogP contribution is -1.98. The maximum atomic E-state index is 4.74. The molecule has 1 N–H and O–H groups in total. The minimum atomic E-state index is 0.531. The van der Waals surface area contributed by atoms with E-state index in [1.807, 2.05) is 18.2 Å². The van der Waals surface area contributed by atoms with Crippen LogP contribution in [0.25, 0.3) is 0 Å². The Hall–Kier alpha value is -0.890. The first-order chi connectivity index (χ1) is 5.75. The molecule has 0 saturated heterocycles. The van der Waals surface area contributed by atoms with E-state index >= 15 is 0 Å². The van der Waals surface area contributed by atoms with Gasteiger partial charge in [-0.1, -0.05) is 44.3 Å². The van der Waals surface area contributed by atoms with Crippen molar-refractivity contribution < 1.29 is 0 Å². The summed E-state index contributed by atoms with van der Waals surface area (Å²) in [6.07, 6.45) is 0. The van der Waals surface area contributed by atoms with Crippen LogP contribution in [-0.4, -0.2) is 5.49 Å². The predicted octanol–water partition coefficient (Wildman–Crippen LogP) is 3.18. The molecule has 0 amide bonds. The molecule has 0 aliphatic heterocycles. The van der Waals surface area contributed by atoms with Crippen molar-refractivity contribution in [2.24, 2.45) is 0 Å². The first-order valence-corrected chi connectivity index (χ1v) is 4.52. The van der Waals surface area contributed by atoms with Crippen molar-refractivity contribution in [3.8, 4) is 0 Å². The number of para-hydroxylation sites is 1. The Morgan fingerprint density at radius 3 is 2.58 bits per heavy atom. The molecule has 0 aromatic heterocycles. The van der Waals surface area contributed by atoms with E-state index in [2.05, 4.69) is 25.2 Å². The molecule has 0 heterocycles. The number of anilines is 1. The molecule has 12 heavy (non-hydrogen) atoms. The van der Waals surface area contributed by atoms with Gasteiger partial charge in [0, 0.05) is 5.69 Å². The maximum Gasteiger partial charge on any atom is 0.0659 e. The van der Waals surface area contributed by atoms with Crippen LogP contribution in [0.1, 0.15) is 25.3 Å². The van der Waals surface area contributed by atoms with Crippen molar-refractivity contribution in [3.05, 3.63) is 29.8 Å². The normalized spacial score (nSPS) is 9.92. The highest BCUT2D eigenvalue weighted by molar-refractivity contribution is 7.79. The third-order valence-electron chi connectivity index (χ3n) is 1.80. The van der Waals surface area contributed by atoms with Gasteiger partial charge in [-0.15, -0.1) is 0 Å². The van der Waals surface area contributed by atoms with Crippen molar-refractivity contribution >= 4 is 23.4 Å². The highest BCUT2D eigenvalue weighted by Gasteiger charge is 2.02. The summed E-state index contributed by atoms with van der Waals surface area (Å²) in [5, 5.41) is 3.05. The Kier molecular flexibility index (Phi) is 3.23. The van der Waals surface area contributed by atoms with E-state index in [1.54, 1.807) is 5.49 Å². The van der Waals surface area contributed by atoms with Crippen LogP contribution in [0.3, 0.4) is 0 Å². The van der Waals surface area contributed by atoms with Crippen LogP contribution in [0, 0.1) is 0 Å². The molecule has 1 rings (SSSR count). The Labute approximate surface area is 78.8 Å². The smallest absolute Gasteiger partial charge is 0.0659 e. The minimum Gasteiger partial charge on any atom is -0.352 e. The van der Waals surface area contributed by atoms with Gasteiger partial charge in [0.1, 0.15) is 0 Å². The summed E-state index contributed by atoms with van der Waals surface area (Å²) in [7, 11) is 0. The van der Waals surface area contributed by atoms with Gasteiger partial charge in [-0.05, 0) is 17.5 Å². The van der Waals surface area contributed by atoms with Crippen molar-refractivity contribution in [1.29, 1.82) is 0 Å². The molecule has 1 nitrogen and oxygen atoms in total. The summed E-state index contributed by atoms with van der Waals surface area (Å²) >= 11 is 4.74. The predicted molar refractivity (Wildman–Crippen MR) is 57.8 cm³/mol. The summed E-state index contributed by atoms with van der Waals surface area (Å²) in [6, 6.07) is 8.21. The molecule has 0 radical (unpaired) electrons. The van der Waals surface area contributed by atoms with Gasteiger partial charge in [0.2, 0.25) is 0 Å². The molecule has 64 valence electrons. The van der Waals surface area contributed by atoms with Crippen molar-refractivity contribution in [2.45, 2.75) is 19.8 Å². The summed E-state index contributed by atoms with van der Waals surface area (Å²) in [6.45, 7) is 4.34. The maximum absolute atomic E-state index is 4.74. The average molecular weight is 179 g/mol. The van der Waals surface area contributed by atoms with Crippen LogP contribution in [0.15, 0.2) is 24.3 Å². The molecule has 0 unspecified atom stereocenters. The van der Waals surface area contributed by atoms with Crippen LogP contribution >= 0.6 is 12.2 Å². The second-order valence-corrected chi connectivity index (χ2v) is 3.24. The lowest BCUT2D eigenvalue weighted by atomic mass is 10.0. The number of rotatable bonds is 3. The molecule has 0 fully saturated rings. The van der Waals surface area contributed by atoms with E-state index in [9.17, 15) is 0 Å². The van der Waals surface area contributed by atoms with Crippen LogP contribution < -0.4 is 5.32 Å². The Morgan fingerprint density at radius 2 is 2.00 bits per heavy atom. The highest BCUT2D eigenvalue weighted by atomic mass is 32.1. The molecule has 0 bridgehead atoms. The number of thiocarbonyl (C=S) groups is 1. The monoisotopic (exact) mass is 179 g/mol. The Morgan fingerprint density at radius 1 is 1.33 bits per heavy atom. The zero-order valence-electron chi connectivity index (χ0n) is 7.37. The van der Waals surface area contributed by atoms with Gasteiger partial charge in [-0.3, -0.25) is 0 Å².